The van der Waals surface area contributed by atoms with Crippen LogP contribution in [0.4, 0.5) is 0 Å². The van der Waals surface area contributed by atoms with Gasteiger partial charge >= 0.3 is 0 Å². The Hall–Kier alpha value is -0.750. The quantitative estimate of drug-likeness (QED) is 0.774. The van der Waals surface area contributed by atoms with Crippen molar-refractivity contribution in [2.75, 3.05) is 5.75 Å². The molecule has 0 heterocycles. The summed E-state index contributed by atoms with van der Waals surface area (Å²) in [5.41, 5.74) is 0.275. The van der Waals surface area contributed by atoms with Gasteiger partial charge in [-0.25, -0.2) is 0 Å². The summed E-state index contributed by atoms with van der Waals surface area (Å²) in [6.45, 7) is 1.44. The Morgan fingerprint density at radius 3 is 2.72 bits per heavy atom. The number of rotatable bonds is 5. The van der Waals surface area contributed by atoms with E-state index < -0.39 is 12.2 Å². The van der Waals surface area contributed by atoms with Crippen molar-refractivity contribution in [3.63, 3.8) is 0 Å². The lowest BCUT2D eigenvalue weighted by atomic mass is 10.0. The van der Waals surface area contributed by atoms with E-state index in [0.717, 1.165) is 11.8 Å². The monoisotopic (exact) mass is 290 g/mol. The zero-order valence-corrected chi connectivity index (χ0v) is 11.4. The number of halogens is 1. The highest BCUT2D eigenvalue weighted by atomic mass is 35.5. The first-order valence-corrected chi connectivity index (χ1v) is 6.76. The molecule has 6 heteroatoms. The Bertz CT molecular complexity index is 425. The molecule has 0 saturated heterocycles. The second-order valence-electron chi connectivity index (χ2n) is 3.82. The average molecular weight is 291 g/mol. The van der Waals surface area contributed by atoms with Crippen molar-refractivity contribution in [2.24, 2.45) is 0 Å². The van der Waals surface area contributed by atoms with Crippen LogP contribution in [0.3, 0.4) is 0 Å². The summed E-state index contributed by atoms with van der Waals surface area (Å²) in [6, 6.07) is 4.47. The van der Waals surface area contributed by atoms with Crippen LogP contribution < -0.4 is 0 Å². The zero-order chi connectivity index (χ0) is 13.7. The molecule has 0 fully saturated rings. The molecule has 2 unspecified atom stereocenters. The van der Waals surface area contributed by atoms with Gasteiger partial charge in [-0.05, 0) is 12.5 Å². The van der Waals surface area contributed by atoms with E-state index in [2.05, 4.69) is 0 Å². The topological polar surface area (TPSA) is 77.8 Å². The Balaban J connectivity index is 2.65. The van der Waals surface area contributed by atoms with Gasteiger partial charge in [0.15, 0.2) is 5.12 Å². The number of hydrogen-bond donors (Lipinski definition) is 3. The number of carbonyl (C=O) groups is 1. The van der Waals surface area contributed by atoms with Gasteiger partial charge in [0.2, 0.25) is 0 Å². The maximum absolute atomic E-state index is 10.7. The molecule has 1 rings (SSSR count). The maximum atomic E-state index is 10.7. The van der Waals surface area contributed by atoms with Crippen molar-refractivity contribution < 1.29 is 20.1 Å². The second-order valence-corrected chi connectivity index (χ2v) is 5.47. The van der Waals surface area contributed by atoms with E-state index in [1.165, 1.54) is 25.1 Å². The number of aliphatic hydroxyl groups is 2. The van der Waals surface area contributed by atoms with Crippen molar-refractivity contribution in [2.45, 2.75) is 25.6 Å². The summed E-state index contributed by atoms with van der Waals surface area (Å²) in [7, 11) is 0. The molecule has 3 N–H and O–H groups in total. The average Bonchev–Trinajstić information content (AvgIpc) is 2.31. The summed E-state index contributed by atoms with van der Waals surface area (Å²) < 4.78 is 0. The highest BCUT2D eigenvalue weighted by molar-refractivity contribution is 8.13. The van der Waals surface area contributed by atoms with Crippen LogP contribution in [0.2, 0.25) is 5.02 Å². The van der Waals surface area contributed by atoms with Gasteiger partial charge in [0.05, 0.1) is 11.1 Å². The Labute approximate surface area is 115 Å². The van der Waals surface area contributed by atoms with Crippen molar-refractivity contribution in [1.82, 2.24) is 0 Å². The number of aliphatic hydroxyl groups excluding tert-OH is 2. The summed E-state index contributed by atoms with van der Waals surface area (Å²) in [6.07, 6.45) is -1.95. The predicted molar refractivity (Wildman–Crippen MR) is 71.8 cm³/mol. The molecule has 1 aromatic rings. The number of carbonyl (C=O) groups excluding carboxylic acids is 1. The maximum Gasteiger partial charge on any atom is 0.185 e. The second kappa shape index (κ2) is 6.99. The molecule has 0 saturated carbocycles. The highest BCUT2D eigenvalue weighted by Crippen LogP contribution is 2.33. The lowest BCUT2D eigenvalue weighted by Gasteiger charge is -2.19. The zero-order valence-electron chi connectivity index (χ0n) is 9.84. The largest absolute Gasteiger partial charge is 0.506 e. The van der Waals surface area contributed by atoms with Gasteiger partial charge in [-0.2, -0.15) is 0 Å². The minimum Gasteiger partial charge on any atom is -0.506 e. The number of phenols is 1. The minimum atomic E-state index is -1.18. The molecule has 0 radical (unpaired) electrons. The molecule has 0 spiro atoms. The van der Waals surface area contributed by atoms with Crippen molar-refractivity contribution in [1.29, 1.82) is 0 Å². The third-order valence-electron chi connectivity index (χ3n) is 2.41. The summed E-state index contributed by atoms with van der Waals surface area (Å²) in [4.78, 5) is 10.7. The number of aromatic hydroxyl groups is 1. The van der Waals surface area contributed by atoms with Gasteiger partial charge in [0.25, 0.3) is 0 Å². The van der Waals surface area contributed by atoms with Crippen molar-refractivity contribution in [3.05, 3.63) is 28.8 Å². The number of benzene rings is 1. The van der Waals surface area contributed by atoms with Crippen LogP contribution in [0.15, 0.2) is 18.2 Å². The third kappa shape index (κ3) is 4.17. The molecule has 1 aromatic carbocycles. The molecule has 0 aliphatic heterocycles. The van der Waals surface area contributed by atoms with Crippen molar-refractivity contribution in [3.8, 4) is 5.75 Å². The lowest BCUT2D eigenvalue weighted by molar-refractivity contribution is -0.109. The lowest BCUT2D eigenvalue weighted by Crippen LogP contribution is -2.19. The molecule has 0 bridgehead atoms. The molecule has 100 valence electrons. The minimum absolute atomic E-state index is 0.0308. The summed E-state index contributed by atoms with van der Waals surface area (Å²) >= 11 is 6.92. The third-order valence-corrected chi connectivity index (χ3v) is 3.67. The fourth-order valence-corrected chi connectivity index (χ4v) is 2.34. The fourth-order valence-electron chi connectivity index (χ4n) is 1.45. The molecule has 4 nitrogen and oxygen atoms in total. The predicted octanol–water partition coefficient (Wildman–Crippen LogP) is 2.11. The Morgan fingerprint density at radius 1 is 1.44 bits per heavy atom. The molecule has 2 atom stereocenters. The van der Waals surface area contributed by atoms with Gasteiger partial charge in [0.1, 0.15) is 11.9 Å². The van der Waals surface area contributed by atoms with E-state index in [-0.39, 0.29) is 27.9 Å². The van der Waals surface area contributed by atoms with Gasteiger partial charge < -0.3 is 15.3 Å². The van der Waals surface area contributed by atoms with E-state index in [0.29, 0.717) is 5.75 Å². The van der Waals surface area contributed by atoms with Gasteiger partial charge in [-0.15, -0.1) is 0 Å². The van der Waals surface area contributed by atoms with E-state index in [1.54, 1.807) is 0 Å². The number of phenolic OH excluding ortho intramolecular Hbond substituents is 1. The van der Waals surface area contributed by atoms with E-state index >= 15 is 0 Å². The molecule has 0 aromatic heterocycles. The van der Waals surface area contributed by atoms with Crippen LogP contribution in [0.25, 0.3) is 0 Å². The van der Waals surface area contributed by atoms with Crippen LogP contribution in [0.5, 0.6) is 5.75 Å². The normalized spacial score (nSPS) is 14.2. The number of thioether (sulfide) groups is 1. The first kappa shape index (κ1) is 15.3. The highest BCUT2D eigenvalue weighted by Gasteiger charge is 2.21. The molecule has 0 aliphatic rings. The van der Waals surface area contributed by atoms with Crippen LogP contribution in [0, 0.1) is 0 Å². The van der Waals surface area contributed by atoms with Crippen molar-refractivity contribution >= 4 is 28.5 Å². The van der Waals surface area contributed by atoms with Crippen LogP contribution in [-0.4, -0.2) is 32.3 Å². The van der Waals surface area contributed by atoms with Gasteiger partial charge in [0, 0.05) is 18.2 Å². The van der Waals surface area contributed by atoms with E-state index in [9.17, 15) is 20.1 Å². The SMILES string of the molecule is CC(=O)SCCC(O)C(O)c1cccc(O)c1Cl. The molecular formula is C12H15ClO4S. The molecular weight excluding hydrogens is 276 g/mol. The van der Waals surface area contributed by atoms with Crippen LogP contribution >= 0.6 is 23.4 Å². The first-order chi connectivity index (χ1) is 8.43. The fraction of sp³-hybridized carbons (Fsp3) is 0.417. The molecule has 18 heavy (non-hydrogen) atoms. The Kier molecular flexibility index (Phi) is 5.95. The van der Waals surface area contributed by atoms with E-state index in [1.807, 2.05) is 0 Å². The Morgan fingerprint density at radius 2 is 2.11 bits per heavy atom. The van der Waals surface area contributed by atoms with Gasteiger partial charge in [-0.3, -0.25) is 4.79 Å². The van der Waals surface area contributed by atoms with Crippen LogP contribution in [-0.2, 0) is 4.79 Å². The standard InChI is InChI=1S/C12H15ClO4S/c1-7(14)18-6-5-10(16)12(17)8-3-2-4-9(15)11(8)13/h2-4,10,12,15-17H,5-6H2,1H3. The van der Waals surface area contributed by atoms with E-state index in [4.69, 9.17) is 11.6 Å². The molecule has 0 aliphatic carbocycles. The molecule has 0 amide bonds. The van der Waals surface area contributed by atoms with Gasteiger partial charge in [-0.1, -0.05) is 35.5 Å². The summed E-state index contributed by atoms with van der Waals surface area (Å²) in [5, 5.41) is 29.1. The first-order valence-electron chi connectivity index (χ1n) is 5.40. The summed E-state index contributed by atoms with van der Waals surface area (Å²) in [5.74, 6) is 0.280. The van der Waals surface area contributed by atoms with Crippen LogP contribution in [0.1, 0.15) is 25.0 Å². The smallest absolute Gasteiger partial charge is 0.185 e. The number of hydrogen-bond acceptors (Lipinski definition) is 5.